The number of non-ortho nitro benzene ring substituents is 1. The van der Waals surface area contributed by atoms with Crippen molar-refractivity contribution in [2.24, 2.45) is 0 Å². The predicted octanol–water partition coefficient (Wildman–Crippen LogP) is 5.03. The maximum Gasteiger partial charge on any atom is 0.357 e. The lowest BCUT2D eigenvalue weighted by molar-refractivity contribution is -0.384. The number of halogens is 2. The van der Waals surface area contributed by atoms with Crippen molar-refractivity contribution in [3.8, 4) is 22.7 Å². The maximum absolute atomic E-state index is 14.4. The Bertz CT molecular complexity index is 1600. The first-order valence-corrected chi connectivity index (χ1v) is 11.4. The smallest absolute Gasteiger partial charge is 0.357 e. The lowest BCUT2D eigenvalue weighted by Crippen LogP contribution is -2.15. The highest BCUT2D eigenvalue weighted by atomic mass is 35.5. The molecule has 13 heteroatoms. The quantitative estimate of drug-likeness (QED) is 0.133. The van der Waals surface area contributed by atoms with Gasteiger partial charge in [-0.3, -0.25) is 10.1 Å². The van der Waals surface area contributed by atoms with E-state index in [1.165, 1.54) is 12.1 Å². The van der Waals surface area contributed by atoms with E-state index in [-0.39, 0.29) is 27.7 Å². The Hall–Kier alpha value is -5.10. The Morgan fingerprint density at radius 3 is 2.23 bits per heavy atom. The first-order chi connectivity index (χ1) is 18.7. The van der Waals surface area contributed by atoms with Crippen LogP contribution in [0.1, 0.15) is 31.2 Å². The summed E-state index contributed by atoms with van der Waals surface area (Å²) in [5.74, 6) is -4.53. The molecule has 0 unspecified atom stereocenters. The number of hydrogen-bond donors (Lipinski definition) is 0. The van der Waals surface area contributed by atoms with Gasteiger partial charge in [-0.2, -0.15) is 5.10 Å². The molecule has 0 bridgehead atoms. The molecule has 1 aromatic heterocycles. The standard InChI is InChI=1S/C26H17ClFN3O8/c1-37-24(32)21-22(29-30(23(21)26(34)38-2)14-7-4-3-5-8-14)16-13-15(31(35)36)11-12-19(16)39-25(33)20-17(27)9-6-10-18(20)28/h3-13H,1-2H3. The third-order valence-corrected chi connectivity index (χ3v) is 5.77. The van der Waals surface area contributed by atoms with Crippen molar-refractivity contribution in [2.45, 2.75) is 0 Å². The minimum Gasteiger partial charge on any atom is -0.465 e. The van der Waals surface area contributed by atoms with Crippen molar-refractivity contribution in [1.29, 1.82) is 0 Å². The normalized spacial score (nSPS) is 10.6. The van der Waals surface area contributed by atoms with Crippen LogP contribution in [-0.4, -0.2) is 46.8 Å². The number of nitrogens with zero attached hydrogens (tertiary/aromatic N) is 3. The monoisotopic (exact) mass is 553 g/mol. The molecular weight excluding hydrogens is 537 g/mol. The molecule has 0 amide bonds. The summed E-state index contributed by atoms with van der Waals surface area (Å²) in [5, 5.41) is 15.7. The Labute approximate surface area is 224 Å². The van der Waals surface area contributed by atoms with Crippen LogP contribution < -0.4 is 4.74 Å². The molecule has 0 N–H and O–H groups in total. The molecule has 0 saturated carbocycles. The van der Waals surface area contributed by atoms with Gasteiger partial charge >= 0.3 is 17.9 Å². The fourth-order valence-electron chi connectivity index (χ4n) is 3.69. The predicted molar refractivity (Wildman–Crippen MR) is 135 cm³/mol. The van der Waals surface area contributed by atoms with Crippen LogP contribution in [0.4, 0.5) is 10.1 Å². The maximum atomic E-state index is 14.4. The summed E-state index contributed by atoms with van der Waals surface area (Å²) < 4.78 is 30.6. The van der Waals surface area contributed by atoms with Crippen molar-refractivity contribution < 1.29 is 37.9 Å². The molecule has 0 saturated heterocycles. The van der Waals surface area contributed by atoms with E-state index < -0.39 is 45.5 Å². The first kappa shape index (κ1) is 26.9. The van der Waals surface area contributed by atoms with E-state index in [0.29, 0.717) is 5.69 Å². The molecule has 0 aliphatic heterocycles. The van der Waals surface area contributed by atoms with E-state index in [9.17, 15) is 28.9 Å². The van der Waals surface area contributed by atoms with Crippen LogP contribution in [-0.2, 0) is 9.47 Å². The summed E-state index contributed by atoms with van der Waals surface area (Å²) in [6, 6.07) is 14.8. The summed E-state index contributed by atoms with van der Waals surface area (Å²) in [7, 11) is 2.14. The van der Waals surface area contributed by atoms with E-state index in [4.69, 9.17) is 25.8 Å². The summed E-state index contributed by atoms with van der Waals surface area (Å²) in [4.78, 5) is 49.6. The number of para-hydroxylation sites is 1. The van der Waals surface area contributed by atoms with Crippen LogP contribution in [0.5, 0.6) is 5.75 Å². The first-order valence-electron chi connectivity index (χ1n) is 11.0. The Morgan fingerprint density at radius 1 is 0.923 bits per heavy atom. The van der Waals surface area contributed by atoms with Gasteiger partial charge in [-0.25, -0.2) is 23.5 Å². The largest absolute Gasteiger partial charge is 0.465 e. The number of nitro groups is 1. The summed E-state index contributed by atoms with van der Waals surface area (Å²) in [6.45, 7) is 0. The molecule has 0 spiro atoms. The van der Waals surface area contributed by atoms with E-state index in [1.54, 1.807) is 30.3 Å². The number of aromatic nitrogens is 2. The number of carbonyl (C=O) groups excluding carboxylic acids is 3. The molecule has 4 aromatic rings. The Morgan fingerprint density at radius 2 is 1.62 bits per heavy atom. The lowest BCUT2D eigenvalue weighted by atomic mass is 10.0. The summed E-state index contributed by atoms with van der Waals surface area (Å²) >= 11 is 5.98. The molecule has 39 heavy (non-hydrogen) atoms. The van der Waals surface area contributed by atoms with E-state index in [2.05, 4.69) is 5.10 Å². The van der Waals surface area contributed by atoms with Gasteiger partial charge in [-0.05, 0) is 30.3 Å². The zero-order chi connectivity index (χ0) is 28.3. The van der Waals surface area contributed by atoms with Gasteiger partial charge in [0.05, 0.1) is 35.4 Å². The average molecular weight is 554 g/mol. The third-order valence-electron chi connectivity index (χ3n) is 5.45. The van der Waals surface area contributed by atoms with Crippen LogP contribution >= 0.6 is 11.6 Å². The van der Waals surface area contributed by atoms with E-state index in [1.807, 2.05) is 0 Å². The fraction of sp³-hybridized carbons (Fsp3) is 0.0769. The van der Waals surface area contributed by atoms with Gasteiger partial charge in [0, 0.05) is 12.1 Å². The minimum atomic E-state index is -1.22. The summed E-state index contributed by atoms with van der Waals surface area (Å²) in [6.07, 6.45) is 0. The zero-order valence-electron chi connectivity index (χ0n) is 20.2. The highest BCUT2D eigenvalue weighted by Crippen LogP contribution is 2.38. The molecule has 1 heterocycles. The van der Waals surface area contributed by atoms with Gasteiger partial charge in [0.1, 0.15) is 28.4 Å². The number of nitro benzene ring substituents is 1. The number of carbonyl (C=O) groups is 3. The van der Waals surface area contributed by atoms with Crippen LogP contribution in [0.2, 0.25) is 5.02 Å². The van der Waals surface area contributed by atoms with Gasteiger partial charge in [-0.15, -0.1) is 0 Å². The highest BCUT2D eigenvalue weighted by molar-refractivity contribution is 6.33. The van der Waals surface area contributed by atoms with Gasteiger partial charge < -0.3 is 14.2 Å². The molecule has 0 fully saturated rings. The SMILES string of the molecule is COC(=O)c1c(-c2cc([N+](=O)[O-])ccc2OC(=O)c2c(F)cccc2Cl)nn(-c2ccccc2)c1C(=O)OC. The number of ether oxygens (including phenoxy) is 3. The molecule has 198 valence electrons. The van der Waals surface area contributed by atoms with Crippen molar-refractivity contribution >= 4 is 35.2 Å². The molecule has 3 aromatic carbocycles. The lowest BCUT2D eigenvalue weighted by Gasteiger charge is -2.11. The second-order valence-corrected chi connectivity index (χ2v) is 8.13. The molecule has 0 aliphatic carbocycles. The highest BCUT2D eigenvalue weighted by Gasteiger charge is 2.34. The summed E-state index contributed by atoms with van der Waals surface area (Å²) in [5.41, 5.74) is -2.04. The number of hydrogen-bond acceptors (Lipinski definition) is 9. The van der Waals surface area contributed by atoms with Crippen LogP contribution in [0.3, 0.4) is 0 Å². The zero-order valence-corrected chi connectivity index (χ0v) is 21.0. The van der Waals surface area contributed by atoms with Crippen LogP contribution in [0.15, 0.2) is 66.7 Å². The van der Waals surface area contributed by atoms with E-state index in [0.717, 1.165) is 43.2 Å². The molecule has 4 rings (SSSR count). The number of methoxy groups -OCH3 is 2. The Balaban J connectivity index is 2.01. The number of esters is 3. The number of rotatable bonds is 7. The van der Waals surface area contributed by atoms with Crippen molar-refractivity contribution in [1.82, 2.24) is 9.78 Å². The van der Waals surface area contributed by atoms with Crippen molar-refractivity contribution in [3.63, 3.8) is 0 Å². The van der Waals surface area contributed by atoms with Gasteiger partial charge in [0.2, 0.25) is 0 Å². The Kier molecular flexibility index (Phi) is 7.68. The molecule has 11 nitrogen and oxygen atoms in total. The second kappa shape index (κ2) is 11.1. The van der Waals surface area contributed by atoms with Crippen LogP contribution in [0.25, 0.3) is 16.9 Å². The number of benzene rings is 3. The molecule has 0 aliphatic rings. The van der Waals surface area contributed by atoms with Crippen molar-refractivity contribution in [2.75, 3.05) is 14.2 Å². The van der Waals surface area contributed by atoms with Crippen LogP contribution in [0, 0.1) is 15.9 Å². The van der Waals surface area contributed by atoms with Gasteiger partial charge in [0.15, 0.2) is 5.69 Å². The van der Waals surface area contributed by atoms with Crippen molar-refractivity contribution in [3.05, 3.63) is 105 Å². The molecular formula is C26H17ClFN3O8. The average Bonchev–Trinajstić information content (AvgIpc) is 3.33. The fourth-order valence-corrected chi connectivity index (χ4v) is 3.93. The molecule has 0 atom stereocenters. The van der Waals surface area contributed by atoms with Gasteiger partial charge in [-0.1, -0.05) is 35.9 Å². The van der Waals surface area contributed by atoms with Gasteiger partial charge in [0.25, 0.3) is 5.69 Å². The van der Waals surface area contributed by atoms with E-state index >= 15 is 0 Å². The molecule has 0 radical (unpaired) electrons. The third kappa shape index (κ3) is 5.18. The topological polar surface area (TPSA) is 140 Å². The minimum absolute atomic E-state index is 0.236. The second-order valence-electron chi connectivity index (χ2n) is 7.73.